The molecule has 8 nitrogen and oxygen atoms in total. The lowest BCUT2D eigenvalue weighted by Gasteiger charge is -2.32. The van der Waals surface area contributed by atoms with Crippen molar-refractivity contribution in [1.29, 1.82) is 0 Å². The van der Waals surface area contributed by atoms with Crippen molar-refractivity contribution < 1.29 is 61.1 Å². The molecular formula is C13H10F6O8S2. The van der Waals surface area contributed by atoms with E-state index in [1.807, 2.05) is 0 Å². The van der Waals surface area contributed by atoms with Gasteiger partial charge in [-0.15, -0.1) is 0 Å². The third kappa shape index (κ3) is 4.68. The second-order valence-corrected chi connectivity index (χ2v) is 9.30. The van der Waals surface area contributed by atoms with Crippen LogP contribution in [-0.2, 0) is 20.2 Å². The molecule has 1 heterocycles. The average molecular weight is 472 g/mol. The van der Waals surface area contributed by atoms with Gasteiger partial charge in [0.25, 0.3) is 0 Å². The first-order valence-corrected chi connectivity index (χ1v) is 9.99. The monoisotopic (exact) mass is 472 g/mol. The van der Waals surface area contributed by atoms with E-state index in [-0.39, 0.29) is 12.5 Å². The highest BCUT2D eigenvalue weighted by molar-refractivity contribution is 7.88. The van der Waals surface area contributed by atoms with Crippen LogP contribution in [0.3, 0.4) is 0 Å². The highest BCUT2D eigenvalue weighted by Crippen LogP contribution is 2.43. The number of carbonyl (C=O) groups excluding carboxylic acids is 1. The number of ketones is 1. The van der Waals surface area contributed by atoms with Crippen LogP contribution in [0.25, 0.3) is 0 Å². The highest BCUT2D eigenvalue weighted by Gasteiger charge is 2.51. The highest BCUT2D eigenvalue weighted by atomic mass is 32.2. The molecule has 0 atom stereocenters. The molecule has 16 heteroatoms. The molecule has 2 rings (SSSR count). The number of halogens is 6. The fraction of sp³-hybridized carbons (Fsp3) is 0.462. The lowest BCUT2D eigenvalue weighted by molar-refractivity contribution is -0.0513. The van der Waals surface area contributed by atoms with E-state index in [2.05, 4.69) is 8.37 Å². The molecule has 0 N–H and O–H groups in total. The van der Waals surface area contributed by atoms with E-state index in [1.54, 1.807) is 0 Å². The van der Waals surface area contributed by atoms with Crippen LogP contribution in [0, 0.1) is 0 Å². The maximum absolute atomic E-state index is 12.6. The van der Waals surface area contributed by atoms with Gasteiger partial charge in [0, 0.05) is 12.1 Å². The smallest absolute Gasteiger partial charge is 0.486 e. The zero-order valence-electron chi connectivity index (χ0n) is 14.2. The van der Waals surface area contributed by atoms with Crippen LogP contribution < -0.4 is 13.1 Å². The number of rotatable bonds is 4. The van der Waals surface area contributed by atoms with Gasteiger partial charge in [0.2, 0.25) is 0 Å². The standard InChI is InChI=1S/C13H10F6O8S2/c1-11(2)5-7(20)6-3-9(26-28(21,22)12(14,15)16)10(4-8(6)25-11)27-29(23,24)13(17,18)19/h3-4H,5H2,1-2H3. The molecule has 0 unspecified atom stereocenters. The largest absolute Gasteiger partial charge is 0.534 e. The number of carbonyl (C=O) groups is 1. The van der Waals surface area contributed by atoms with Crippen molar-refractivity contribution in [3.8, 4) is 17.2 Å². The molecule has 1 aliphatic heterocycles. The molecule has 0 amide bonds. The summed E-state index contributed by atoms with van der Waals surface area (Å²) >= 11 is 0. The number of alkyl halides is 6. The first kappa shape index (κ1) is 23.1. The van der Waals surface area contributed by atoms with Crippen molar-refractivity contribution in [2.75, 3.05) is 0 Å². The van der Waals surface area contributed by atoms with Crippen molar-refractivity contribution in [3.05, 3.63) is 17.7 Å². The molecule has 0 fully saturated rings. The maximum Gasteiger partial charge on any atom is 0.534 e. The van der Waals surface area contributed by atoms with E-state index >= 15 is 0 Å². The van der Waals surface area contributed by atoms with Gasteiger partial charge in [0.05, 0.1) is 12.0 Å². The minimum Gasteiger partial charge on any atom is -0.486 e. The van der Waals surface area contributed by atoms with Crippen LogP contribution in [0.5, 0.6) is 17.2 Å². The minimum atomic E-state index is -6.44. The van der Waals surface area contributed by atoms with Crippen LogP contribution in [0.2, 0.25) is 0 Å². The lowest BCUT2D eigenvalue weighted by atomic mass is 9.93. The van der Waals surface area contributed by atoms with Crippen LogP contribution in [0.1, 0.15) is 30.6 Å². The molecule has 0 aliphatic carbocycles. The SMILES string of the molecule is CC1(C)CC(=O)c2cc(OS(=O)(=O)C(F)(F)F)c(OS(=O)(=O)C(F)(F)F)cc2O1. The number of hydrogen-bond donors (Lipinski definition) is 0. The normalized spacial score (nSPS) is 17.3. The molecule has 1 aromatic rings. The summed E-state index contributed by atoms with van der Waals surface area (Å²) in [5.74, 6) is -4.52. The van der Waals surface area contributed by atoms with Crippen molar-refractivity contribution in [2.24, 2.45) is 0 Å². The van der Waals surface area contributed by atoms with Gasteiger partial charge in [0.15, 0.2) is 17.3 Å². The van der Waals surface area contributed by atoms with Crippen LogP contribution in [0.15, 0.2) is 12.1 Å². The predicted molar refractivity (Wildman–Crippen MR) is 81.3 cm³/mol. The van der Waals surface area contributed by atoms with E-state index in [1.165, 1.54) is 13.8 Å². The first-order chi connectivity index (χ1) is 12.8. The molecule has 29 heavy (non-hydrogen) atoms. The van der Waals surface area contributed by atoms with E-state index in [0.29, 0.717) is 6.07 Å². The summed E-state index contributed by atoms with van der Waals surface area (Å²) in [7, 11) is -12.9. The average Bonchev–Trinajstić information content (AvgIpc) is 2.44. The second kappa shape index (κ2) is 6.65. The Bertz CT molecular complexity index is 1050. The third-order valence-corrected chi connectivity index (χ3v) is 5.22. The molecule has 0 bridgehead atoms. The molecule has 0 saturated carbocycles. The minimum absolute atomic E-state index is 0.289. The summed E-state index contributed by atoms with van der Waals surface area (Å²) in [6.07, 6.45) is -0.327. The Kier molecular flexibility index (Phi) is 5.28. The number of ether oxygens (including phenoxy) is 1. The molecule has 0 aromatic heterocycles. The van der Waals surface area contributed by atoms with Gasteiger partial charge >= 0.3 is 31.3 Å². The van der Waals surface area contributed by atoms with Gasteiger partial charge in [0.1, 0.15) is 11.4 Å². The predicted octanol–water partition coefficient (Wildman–Crippen LogP) is 2.89. The van der Waals surface area contributed by atoms with Gasteiger partial charge in [-0.3, -0.25) is 4.79 Å². The fourth-order valence-corrected chi connectivity index (χ4v) is 3.04. The molecule has 164 valence electrons. The Morgan fingerprint density at radius 1 is 0.897 bits per heavy atom. The van der Waals surface area contributed by atoms with Gasteiger partial charge in [-0.1, -0.05) is 0 Å². The second-order valence-electron chi connectivity index (χ2n) is 6.22. The number of hydrogen-bond acceptors (Lipinski definition) is 8. The number of benzene rings is 1. The van der Waals surface area contributed by atoms with Crippen molar-refractivity contribution >= 4 is 26.0 Å². The van der Waals surface area contributed by atoms with Gasteiger partial charge in [-0.05, 0) is 13.8 Å². The van der Waals surface area contributed by atoms with Crippen LogP contribution >= 0.6 is 0 Å². The van der Waals surface area contributed by atoms with Crippen molar-refractivity contribution in [3.63, 3.8) is 0 Å². The van der Waals surface area contributed by atoms with Gasteiger partial charge < -0.3 is 13.1 Å². The number of Topliss-reactive ketones (excluding diaryl/α,β-unsaturated/α-hetero) is 1. The first-order valence-electron chi connectivity index (χ1n) is 7.17. The van der Waals surface area contributed by atoms with E-state index in [9.17, 15) is 48.0 Å². The zero-order chi connectivity index (χ0) is 22.6. The van der Waals surface area contributed by atoms with Crippen LogP contribution in [0.4, 0.5) is 26.3 Å². The third-order valence-electron chi connectivity index (χ3n) is 3.28. The summed E-state index contributed by atoms with van der Waals surface area (Å²) in [4.78, 5) is 12.1. The lowest BCUT2D eigenvalue weighted by Crippen LogP contribution is -2.36. The quantitative estimate of drug-likeness (QED) is 0.374. The van der Waals surface area contributed by atoms with Crippen LogP contribution in [-0.4, -0.2) is 39.2 Å². The van der Waals surface area contributed by atoms with E-state index < -0.39 is 65.4 Å². The van der Waals surface area contributed by atoms with Gasteiger partial charge in [-0.2, -0.15) is 43.2 Å². The Morgan fingerprint density at radius 3 is 1.72 bits per heavy atom. The molecule has 0 saturated heterocycles. The zero-order valence-corrected chi connectivity index (χ0v) is 15.8. The van der Waals surface area contributed by atoms with E-state index in [0.717, 1.165) is 0 Å². The summed E-state index contributed by atoms with van der Waals surface area (Å²) in [6.45, 7) is 2.78. The molecule has 0 spiro atoms. The summed E-state index contributed by atoms with van der Waals surface area (Å²) < 4.78 is 133. The Balaban J connectivity index is 2.68. The summed E-state index contributed by atoms with van der Waals surface area (Å²) in [6, 6.07) is 0.607. The van der Waals surface area contributed by atoms with E-state index in [4.69, 9.17) is 4.74 Å². The Labute approximate surface area is 159 Å². The summed E-state index contributed by atoms with van der Waals surface area (Å²) in [5, 5.41) is 0. The molecule has 1 aromatic carbocycles. The number of fused-ring (bicyclic) bond motifs is 1. The van der Waals surface area contributed by atoms with Crippen molar-refractivity contribution in [2.45, 2.75) is 36.9 Å². The Hall–Kier alpha value is -2.23. The maximum atomic E-state index is 12.6. The summed E-state index contributed by atoms with van der Waals surface area (Å²) in [5.41, 5.74) is -13.8. The topological polar surface area (TPSA) is 113 Å². The molecular weight excluding hydrogens is 462 g/mol. The molecule has 0 radical (unpaired) electrons. The Morgan fingerprint density at radius 2 is 1.31 bits per heavy atom. The fourth-order valence-electron chi connectivity index (χ4n) is 2.12. The molecule has 1 aliphatic rings. The van der Waals surface area contributed by atoms with Crippen molar-refractivity contribution in [1.82, 2.24) is 0 Å². The van der Waals surface area contributed by atoms with Gasteiger partial charge in [-0.25, -0.2) is 0 Å².